The average Bonchev–Trinajstić information content (AvgIpc) is 2.78. The third-order valence-corrected chi connectivity index (χ3v) is 4.28. The zero-order chi connectivity index (χ0) is 11.6. The summed E-state index contributed by atoms with van der Waals surface area (Å²) in [6.45, 7) is 5.29. The highest BCUT2D eigenvalue weighted by Gasteiger charge is 2.41. The molecule has 2 aliphatic rings. The van der Waals surface area contributed by atoms with E-state index in [2.05, 4.69) is 16.8 Å². The standard InChI is InChI=1S/C12H25N3O/c1-14-6-3-5-12(9-13,10-14)15-7-4-11(8-15)16-2/h11H,3-10,13H2,1-2H3. The Labute approximate surface area is 98.7 Å². The summed E-state index contributed by atoms with van der Waals surface area (Å²) in [7, 11) is 4.02. The van der Waals surface area contributed by atoms with Crippen molar-refractivity contribution < 1.29 is 4.74 Å². The van der Waals surface area contributed by atoms with Crippen molar-refractivity contribution in [3.63, 3.8) is 0 Å². The van der Waals surface area contributed by atoms with Gasteiger partial charge in [0.15, 0.2) is 0 Å². The smallest absolute Gasteiger partial charge is 0.0710 e. The Kier molecular flexibility index (Phi) is 3.85. The fraction of sp³-hybridized carbons (Fsp3) is 1.00. The third kappa shape index (κ3) is 2.25. The van der Waals surface area contributed by atoms with Gasteiger partial charge in [0.2, 0.25) is 0 Å². The number of hydrogen-bond donors (Lipinski definition) is 1. The normalized spacial score (nSPS) is 38.1. The number of likely N-dealkylation sites (tertiary alicyclic amines) is 2. The molecule has 2 heterocycles. The van der Waals surface area contributed by atoms with Crippen molar-refractivity contribution in [3.05, 3.63) is 0 Å². The van der Waals surface area contributed by atoms with Crippen molar-refractivity contribution >= 4 is 0 Å². The second kappa shape index (κ2) is 5.00. The predicted molar refractivity (Wildman–Crippen MR) is 65.5 cm³/mol. The van der Waals surface area contributed by atoms with Gasteiger partial charge in [-0.3, -0.25) is 4.90 Å². The van der Waals surface area contributed by atoms with Gasteiger partial charge < -0.3 is 15.4 Å². The number of nitrogens with two attached hydrogens (primary N) is 1. The van der Waals surface area contributed by atoms with Crippen LogP contribution in [0.4, 0.5) is 0 Å². The fourth-order valence-corrected chi connectivity index (χ4v) is 3.24. The molecule has 0 saturated carbocycles. The molecule has 4 heteroatoms. The van der Waals surface area contributed by atoms with Gasteiger partial charge >= 0.3 is 0 Å². The minimum absolute atomic E-state index is 0.209. The Morgan fingerprint density at radius 2 is 2.25 bits per heavy atom. The zero-order valence-electron chi connectivity index (χ0n) is 10.6. The Hall–Kier alpha value is -0.160. The summed E-state index contributed by atoms with van der Waals surface area (Å²) < 4.78 is 5.45. The quantitative estimate of drug-likeness (QED) is 0.744. The second-order valence-corrected chi connectivity index (χ2v) is 5.36. The van der Waals surface area contributed by atoms with Gasteiger partial charge in [-0.05, 0) is 32.9 Å². The molecule has 0 aliphatic carbocycles. The number of piperidine rings is 1. The fourth-order valence-electron chi connectivity index (χ4n) is 3.24. The molecule has 16 heavy (non-hydrogen) atoms. The lowest BCUT2D eigenvalue weighted by Gasteiger charge is -2.47. The van der Waals surface area contributed by atoms with Gasteiger partial charge in [-0.25, -0.2) is 0 Å². The van der Waals surface area contributed by atoms with Gasteiger partial charge in [0, 0.05) is 38.8 Å². The Morgan fingerprint density at radius 3 is 2.81 bits per heavy atom. The summed E-state index contributed by atoms with van der Waals surface area (Å²) in [5.74, 6) is 0. The predicted octanol–water partition coefficient (Wildman–Crippen LogP) is 0.130. The molecule has 2 aliphatic heterocycles. The van der Waals surface area contributed by atoms with E-state index in [0.29, 0.717) is 6.10 Å². The van der Waals surface area contributed by atoms with Crippen molar-refractivity contribution in [3.8, 4) is 0 Å². The summed E-state index contributed by atoms with van der Waals surface area (Å²) in [5.41, 5.74) is 6.27. The maximum atomic E-state index is 6.06. The molecule has 2 unspecified atom stereocenters. The minimum Gasteiger partial charge on any atom is -0.380 e. The molecule has 0 radical (unpaired) electrons. The lowest BCUT2D eigenvalue weighted by molar-refractivity contribution is 0.0268. The van der Waals surface area contributed by atoms with Crippen LogP contribution in [-0.2, 0) is 4.74 Å². The number of nitrogens with zero attached hydrogens (tertiary/aromatic N) is 2. The van der Waals surface area contributed by atoms with E-state index in [1.807, 2.05) is 7.11 Å². The SMILES string of the molecule is COC1CCN(C2(CN)CCCN(C)C2)C1. The third-order valence-electron chi connectivity index (χ3n) is 4.28. The monoisotopic (exact) mass is 227 g/mol. The highest BCUT2D eigenvalue weighted by Crippen LogP contribution is 2.30. The van der Waals surface area contributed by atoms with Gasteiger partial charge in [0.05, 0.1) is 6.10 Å². The second-order valence-electron chi connectivity index (χ2n) is 5.36. The summed E-state index contributed by atoms with van der Waals surface area (Å²) in [4.78, 5) is 4.98. The van der Waals surface area contributed by atoms with Gasteiger partial charge in [0.1, 0.15) is 0 Å². The Balaban J connectivity index is 2.03. The van der Waals surface area contributed by atoms with E-state index in [4.69, 9.17) is 10.5 Å². The molecule has 2 rings (SSSR count). The molecule has 2 saturated heterocycles. The first kappa shape index (κ1) is 12.3. The van der Waals surface area contributed by atoms with Crippen LogP contribution in [0.25, 0.3) is 0 Å². The molecule has 0 aromatic carbocycles. The number of methoxy groups -OCH3 is 1. The number of ether oxygens (including phenoxy) is 1. The van der Waals surface area contributed by atoms with Crippen LogP contribution in [0.1, 0.15) is 19.3 Å². The van der Waals surface area contributed by atoms with Crippen LogP contribution >= 0.6 is 0 Å². The molecular weight excluding hydrogens is 202 g/mol. The van der Waals surface area contributed by atoms with Gasteiger partial charge in [-0.15, -0.1) is 0 Å². The van der Waals surface area contributed by atoms with E-state index < -0.39 is 0 Å². The zero-order valence-corrected chi connectivity index (χ0v) is 10.6. The van der Waals surface area contributed by atoms with E-state index in [0.717, 1.165) is 32.6 Å². The lowest BCUT2D eigenvalue weighted by atomic mass is 9.87. The first-order valence-corrected chi connectivity index (χ1v) is 6.37. The molecule has 0 spiro atoms. The summed E-state index contributed by atoms with van der Waals surface area (Å²) in [6, 6.07) is 0. The lowest BCUT2D eigenvalue weighted by Crippen LogP contribution is -2.61. The van der Waals surface area contributed by atoms with Crippen LogP contribution in [0.15, 0.2) is 0 Å². The molecule has 0 aromatic rings. The van der Waals surface area contributed by atoms with Gasteiger partial charge in [-0.2, -0.15) is 0 Å². The summed E-state index contributed by atoms with van der Waals surface area (Å²) in [6.07, 6.45) is 4.07. The van der Waals surface area contributed by atoms with Crippen LogP contribution in [-0.4, -0.2) is 68.3 Å². The van der Waals surface area contributed by atoms with E-state index in [1.54, 1.807) is 0 Å². The molecule has 0 aromatic heterocycles. The molecule has 94 valence electrons. The molecule has 0 bridgehead atoms. The van der Waals surface area contributed by atoms with E-state index in [9.17, 15) is 0 Å². The van der Waals surface area contributed by atoms with Crippen LogP contribution in [0, 0.1) is 0 Å². The van der Waals surface area contributed by atoms with Gasteiger partial charge in [-0.1, -0.05) is 0 Å². The van der Waals surface area contributed by atoms with Crippen molar-refractivity contribution in [2.75, 3.05) is 46.9 Å². The number of rotatable bonds is 3. The molecular formula is C12H25N3O. The molecule has 2 fully saturated rings. The molecule has 0 amide bonds. The van der Waals surface area contributed by atoms with Crippen LogP contribution in [0.3, 0.4) is 0 Å². The van der Waals surface area contributed by atoms with Crippen molar-refractivity contribution in [1.29, 1.82) is 0 Å². The highest BCUT2D eigenvalue weighted by molar-refractivity contribution is 4.99. The topological polar surface area (TPSA) is 41.7 Å². The van der Waals surface area contributed by atoms with Crippen LogP contribution in [0.2, 0.25) is 0 Å². The number of hydrogen-bond acceptors (Lipinski definition) is 4. The van der Waals surface area contributed by atoms with Crippen molar-refractivity contribution in [2.45, 2.75) is 30.9 Å². The number of likely N-dealkylation sites (N-methyl/N-ethyl adjacent to an activating group) is 1. The van der Waals surface area contributed by atoms with Crippen molar-refractivity contribution in [2.24, 2.45) is 5.73 Å². The van der Waals surface area contributed by atoms with E-state index >= 15 is 0 Å². The van der Waals surface area contributed by atoms with Crippen molar-refractivity contribution in [1.82, 2.24) is 9.80 Å². The maximum absolute atomic E-state index is 6.06. The molecule has 2 atom stereocenters. The average molecular weight is 227 g/mol. The maximum Gasteiger partial charge on any atom is 0.0710 e. The van der Waals surface area contributed by atoms with Crippen LogP contribution < -0.4 is 5.73 Å². The van der Waals surface area contributed by atoms with Crippen LogP contribution in [0.5, 0.6) is 0 Å². The first-order chi connectivity index (χ1) is 7.70. The first-order valence-electron chi connectivity index (χ1n) is 6.37. The summed E-state index contributed by atoms with van der Waals surface area (Å²) >= 11 is 0. The Morgan fingerprint density at radius 1 is 1.44 bits per heavy atom. The van der Waals surface area contributed by atoms with Gasteiger partial charge in [0.25, 0.3) is 0 Å². The summed E-state index contributed by atoms with van der Waals surface area (Å²) in [5, 5.41) is 0. The molecule has 2 N–H and O–H groups in total. The van der Waals surface area contributed by atoms with E-state index in [-0.39, 0.29) is 5.54 Å². The Bertz CT molecular complexity index is 236. The highest BCUT2D eigenvalue weighted by atomic mass is 16.5. The minimum atomic E-state index is 0.209. The van der Waals surface area contributed by atoms with E-state index in [1.165, 1.54) is 19.4 Å². The largest absolute Gasteiger partial charge is 0.380 e. The molecule has 4 nitrogen and oxygen atoms in total.